The molecule has 1 saturated heterocycles. The Morgan fingerprint density at radius 3 is 3.00 bits per heavy atom. The number of thiophene rings is 1. The molecule has 0 aromatic carbocycles. The maximum atomic E-state index is 12.3. The maximum absolute atomic E-state index is 12.3. The van der Waals surface area contributed by atoms with Crippen LogP contribution in [0.15, 0.2) is 11.4 Å². The lowest BCUT2D eigenvalue weighted by molar-refractivity contribution is 0.0538. The normalized spacial score (nSPS) is 21.2. The smallest absolute Gasteiger partial charge is 0.265 e. The predicted octanol–water partition coefficient (Wildman–Crippen LogP) is 1.40. The third kappa shape index (κ3) is 2.33. The molecule has 1 aromatic rings. The van der Waals surface area contributed by atoms with Crippen LogP contribution in [0.25, 0.3) is 0 Å². The van der Waals surface area contributed by atoms with Gasteiger partial charge in [0.2, 0.25) is 0 Å². The topological polar surface area (TPSA) is 47.3 Å². The van der Waals surface area contributed by atoms with Gasteiger partial charge in [-0.3, -0.25) is 4.79 Å². The van der Waals surface area contributed by atoms with Crippen LogP contribution in [0, 0.1) is 11.3 Å². The summed E-state index contributed by atoms with van der Waals surface area (Å²) >= 11 is 1.35. The summed E-state index contributed by atoms with van der Waals surface area (Å²) in [5, 5.41) is 10.7. The van der Waals surface area contributed by atoms with E-state index >= 15 is 0 Å². The zero-order valence-corrected chi connectivity index (χ0v) is 10.8. The highest BCUT2D eigenvalue weighted by Crippen LogP contribution is 2.20. The molecule has 0 aliphatic carbocycles. The molecule has 0 bridgehead atoms. The number of rotatable bonds is 1. The molecule has 0 saturated carbocycles. The van der Waals surface area contributed by atoms with E-state index in [1.54, 1.807) is 11.4 Å². The van der Waals surface area contributed by atoms with Crippen LogP contribution >= 0.6 is 11.3 Å². The first-order chi connectivity index (χ1) is 8.13. The van der Waals surface area contributed by atoms with E-state index in [-0.39, 0.29) is 11.9 Å². The second-order valence-corrected chi connectivity index (χ2v) is 5.30. The van der Waals surface area contributed by atoms with Crippen molar-refractivity contribution in [3.63, 3.8) is 0 Å². The molecule has 5 heteroatoms. The van der Waals surface area contributed by atoms with Crippen LogP contribution in [0.1, 0.15) is 22.2 Å². The van der Waals surface area contributed by atoms with Crippen molar-refractivity contribution in [1.82, 2.24) is 9.80 Å². The monoisotopic (exact) mass is 249 g/mol. The lowest BCUT2D eigenvalue weighted by Crippen LogP contribution is -2.52. The first-order valence-electron chi connectivity index (χ1n) is 5.60. The van der Waals surface area contributed by atoms with Gasteiger partial charge in [0.25, 0.3) is 5.91 Å². The van der Waals surface area contributed by atoms with Crippen LogP contribution in [0.5, 0.6) is 0 Å². The van der Waals surface area contributed by atoms with Crippen molar-refractivity contribution in [3.05, 3.63) is 21.9 Å². The van der Waals surface area contributed by atoms with E-state index in [1.807, 2.05) is 11.8 Å². The van der Waals surface area contributed by atoms with Crippen molar-refractivity contribution in [2.75, 3.05) is 26.7 Å². The Morgan fingerprint density at radius 2 is 2.35 bits per heavy atom. The Bertz CT molecular complexity index is 463. The first kappa shape index (κ1) is 12.1. The van der Waals surface area contributed by atoms with Crippen LogP contribution < -0.4 is 0 Å². The number of carbonyl (C=O) groups is 1. The molecule has 1 aromatic heterocycles. The molecule has 2 heterocycles. The fourth-order valence-electron chi connectivity index (χ4n) is 2.13. The molecule has 1 aliphatic heterocycles. The number of likely N-dealkylation sites (N-methyl/N-ethyl adjacent to an activating group) is 1. The Morgan fingerprint density at radius 1 is 1.59 bits per heavy atom. The van der Waals surface area contributed by atoms with Crippen LogP contribution in [0.4, 0.5) is 0 Å². The number of hydrogen-bond acceptors (Lipinski definition) is 4. The fraction of sp³-hybridized carbons (Fsp3) is 0.500. The van der Waals surface area contributed by atoms with Crippen molar-refractivity contribution >= 4 is 17.2 Å². The van der Waals surface area contributed by atoms with Crippen molar-refractivity contribution in [3.8, 4) is 6.07 Å². The molecular formula is C12H15N3OS. The van der Waals surface area contributed by atoms with Gasteiger partial charge >= 0.3 is 0 Å². The largest absolute Gasteiger partial charge is 0.333 e. The molecule has 2 rings (SSSR count). The van der Waals surface area contributed by atoms with Crippen LogP contribution in [0.2, 0.25) is 0 Å². The molecule has 0 radical (unpaired) electrons. The molecule has 1 unspecified atom stereocenters. The second-order valence-electron chi connectivity index (χ2n) is 4.39. The Balaban J connectivity index is 2.18. The van der Waals surface area contributed by atoms with Crippen molar-refractivity contribution < 1.29 is 4.79 Å². The Hall–Kier alpha value is -1.38. The lowest BCUT2D eigenvalue weighted by Gasteiger charge is -2.38. The second kappa shape index (κ2) is 4.86. The van der Waals surface area contributed by atoms with Crippen molar-refractivity contribution in [1.29, 1.82) is 5.26 Å². The summed E-state index contributed by atoms with van der Waals surface area (Å²) in [6.07, 6.45) is 0. The van der Waals surface area contributed by atoms with E-state index in [9.17, 15) is 4.79 Å². The molecule has 4 nitrogen and oxygen atoms in total. The zero-order valence-electron chi connectivity index (χ0n) is 10.0. The van der Waals surface area contributed by atoms with Crippen molar-refractivity contribution in [2.24, 2.45) is 0 Å². The quantitative estimate of drug-likeness (QED) is 0.755. The van der Waals surface area contributed by atoms with Gasteiger partial charge in [-0.15, -0.1) is 11.3 Å². The molecule has 0 spiro atoms. The number of carbonyl (C=O) groups excluding carboxylic acids is 1. The van der Waals surface area contributed by atoms with Gasteiger partial charge in [0.15, 0.2) is 0 Å². The van der Waals surface area contributed by atoms with Crippen LogP contribution in [-0.2, 0) is 0 Å². The highest BCUT2D eigenvalue weighted by molar-refractivity contribution is 7.12. The van der Waals surface area contributed by atoms with E-state index in [2.05, 4.69) is 18.0 Å². The average Bonchev–Trinajstić information content (AvgIpc) is 2.76. The molecule has 1 aliphatic rings. The van der Waals surface area contributed by atoms with Gasteiger partial charge in [-0.1, -0.05) is 0 Å². The third-order valence-electron chi connectivity index (χ3n) is 3.07. The predicted molar refractivity (Wildman–Crippen MR) is 67.0 cm³/mol. The van der Waals surface area contributed by atoms with E-state index in [0.29, 0.717) is 10.4 Å². The molecule has 0 N–H and O–H groups in total. The molecular weight excluding hydrogens is 234 g/mol. The Kier molecular flexibility index (Phi) is 3.46. The van der Waals surface area contributed by atoms with E-state index in [4.69, 9.17) is 5.26 Å². The maximum Gasteiger partial charge on any atom is 0.265 e. The fourth-order valence-corrected chi connectivity index (χ4v) is 2.93. The highest BCUT2D eigenvalue weighted by Gasteiger charge is 2.28. The van der Waals surface area contributed by atoms with Gasteiger partial charge in [0.1, 0.15) is 10.9 Å². The number of nitriles is 1. The number of hydrogen-bond donors (Lipinski definition) is 0. The van der Waals surface area contributed by atoms with Crippen LogP contribution in [-0.4, -0.2) is 48.4 Å². The highest BCUT2D eigenvalue weighted by atomic mass is 32.1. The average molecular weight is 249 g/mol. The van der Waals surface area contributed by atoms with Gasteiger partial charge in [-0.25, -0.2) is 0 Å². The summed E-state index contributed by atoms with van der Waals surface area (Å²) in [6, 6.07) is 3.98. The van der Waals surface area contributed by atoms with E-state index in [0.717, 1.165) is 19.6 Å². The van der Waals surface area contributed by atoms with E-state index in [1.165, 1.54) is 11.3 Å². The molecule has 1 fully saturated rings. The minimum Gasteiger partial charge on any atom is -0.333 e. The zero-order chi connectivity index (χ0) is 12.4. The molecule has 1 amide bonds. The summed E-state index contributed by atoms with van der Waals surface area (Å²) in [5.74, 6) is -0.00264. The molecule has 90 valence electrons. The van der Waals surface area contributed by atoms with Crippen LogP contribution in [0.3, 0.4) is 0 Å². The number of nitrogens with zero attached hydrogens (tertiary/aromatic N) is 3. The summed E-state index contributed by atoms with van der Waals surface area (Å²) in [6.45, 7) is 4.56. The van der Waals surface area contributed by atoms with Gasteiger partial charge in [-0.05, 0) is 25.4 Å². The Labute approximate surface area is 105 Å². The SMILES string of the molecule is CC1CN(C)CCN1C(=O)c1sccc1C#N. The van der Waals surface area contributed by atoms with Crippen molar-refractivity contribution in [2.45, 2.75) is 13.0 Å². The summed E-state index contributed by atoms with van der Waals surface area (Å²) in [5.41, 5.74) is 0.492. The number of piperazine rings is 1. The standard InChI is InChI=1S/C12H15N3OS/c1-9-8-14(2)4-5-15(9)12(16)11-10(7-13)3-6-17-11/h3,6,9H,4-5,8H2,1-2H3. The van der Waals surface area contributed by atoms with Gasteiger partial charge in [-0.2, -0.15) is 5.26 Å². The first-order valence-corrected chi connectivity index (χ1v) is 6.48. The van der Waals surface area contributed by atoms with E-state index < -0.39 is 0 Å². The summed E-state index contributed by atoms with van der Waals surface area (Å²) in [7, 11) is 2.06. The minimum absolute atomic E-state index is 0.00264. The molecule has 17 heavy (non-hydrogen) atoms. The van der Waals surface area contributed by atoms with Gasteiger partial charge < -0.3 is 9.80 Å². The third-order valence-corrected chi connectivity index (χ3v) is 3.97. The van der Waals surface area contributed by atoms with Gasteiger partial charge in [0.05, 0.1) is 5.56 Å². The lowest BCUT2D eigenvalue weighted by atomic mass is 10.1. The molecule has 1 atom stereocenters. The van der Waals surface area contributed by atoms with Gasteiger partial charge in [0, 0.05) is 25.7 Å². The number of amides is 1. The summed E-state index contributed by atoms with van der Waals surface area (Å²) in [4.78, 5) is 17.0. The summed E-state index contributed by atoms with van der Waals surface area (Å²) < 4.78 is 0. The minimum atomic E-state index is -0.00264.